The van der Waals surface area contributed by atoms with Crippen LogP contribution in [0.2, 0.25) is 0 Å². The molecule has 0 aliphatic carbocycles. The highest BCUT2D eigenvalue weighted by molar-refractivity contribution is 7.92. The van der Waals surface area contributed by atoms with Crippen molar-refractivity contribution in [1.29, 1.82) is 0 Å². The third-order valence-corrected chi connectivity index (χ3v) is 5.59. The maximum absolute atomic E-state index is 13.0. The van der Waals surface area contributed by atoms with Crippen molar-refractivity contribution in [3.8, 4) is 11.3 Å². The third-order valence-electron chi connectivity index (χ3n) is 4.12. The molecule has 1 N–H and O–H groups in total. The van der Waals surface area contributed by atoms with Gasteiger partial charge in [-0.25, -0.2) is 8.42 Å². The predicted molar refractivity (Wildman–Crippen MR) is 103 cm³/mol. The van der Waals surface area contributed by atoms with Crippen LogP contribution in [0, 0.1) is 20.8 Å². The van der Waals surface area contributed by atoms with E-state index in [4.69, 9.17) is 4.52 Å². The van der Waals surface area contributed by atoms with Crippen molar-refractivity contribution < 1.29 is 12.9 Å². The minimum atomic E-state index is -3.73. The Bertz CT molecular complexity index is 1030. The van der Waals surface area contributed by atoms with Gasteiger partial charge >= 0.3 is 0 Å². The van der Waals surface area contributed by atoms with E-state index in [1.807, 2.05) is 58.0 Å². The van der Waals surface area contributed by atoms with E-state index < -0.39 is 10.0 Å². The van der Waals surface area contributed by atoms with Crippen LogP contribution in [0.1, 0.15) is 29.3 Å². The maximum atomic E-state index is 13.0. The van der Waals surface area contributed by atoms with Crippen molar-refractivity contribution in [3.63, 3.8) is 0 Å². The smallest absolute Gasteiger partial charge is 0.262 e. The first-order chi connectivity index (χ1) is 12.3. The second kappa shape index (κ2) is 6.96. The van der Waals surface area contributed by atoms with Gasteiger partial charge in [0.1, 0.15) is 0 Å². The van der Waals surface area contributed by atoms with Gasteiger partial charge in [0, 0.05) is 17.3 Å². The van der Waals surface area contributed by atoms with E-state index in [2.05, 4.69) is 9.88 Å². The number of aromatic nitrogens is 1. The fraction of sp³-hybridized carbons (Fsp3) is 0.250. The minimum Gasteiger partial charge on any atom is -0.356 e. The summed E-state index contributed by atoms with van der Waals surface area (Å²) in [5.74, 6) is 0.549. The van der Waals surface area contributed by atoms with Gasteiger partial charge in [-0.1, -0.05) is 30.3 Å². The van der Waals surface area contributed by atoms with Crippen LogP contribution in [-0.2, 0) is 16.4 Å². The summed E-state index contributed by atoms with van der Waals surface area (Å²) in [6.45, 7) is 7.64. The molecule has 0 spiro atoms. The van der Waals surface area contributed by atoms with Gasteiger partial charge in [0.15, 0.2) is 5.76 Å². The van der Waals surface area contributed by atoms with Gasteiger partial charge in [-0.3, -0.25) is 4.72 Å². The molecule has 0 unspecified atom stereocenters. The van der Waals surface area contributed by atoms with Gasteiger partial charge < -0.3 is 4.52 Å². The number of hydrogen-bond acceptors (Lipinski definition) is 4. The van der Waals surface area contributed by atoms with E-state index in [9.17, 15) is 8.42 Å². The molecule has 0 atom stereocenters. The number of aryl methyl sites for hydroxylation is 4. The van der Waals surface area contributed by atoms with E-state index in [1.54, 1.807) is 12.1 Å². The molecule has 0 aliphatic rings. The SMILES string of the molecule is CCc1ccc(-c2cc(C)no2)cc1S(=O)(=O)Nc1cc(C)cc(C)c1. The third kappa shape index (κ3) is 3.80. The molecule has 3 rings (SSSR count). The summed E-state index contributed by atoms with van der Waals surface area (Å²) >= 11 is 0. The standard InChI is InChI=1S/C20H22N2O3S/c1-5-16-6-7-17(19-11-15(4)21-25-19)12-20(16)26(23,24)22-18-9-13(2)8-14(3)10-18/h6-12,22H,5H2,1-4H3. The Hall–Kier alpha value is -2.60. The van der Waals surface area contributed by atoms with E-state index in [0.29, 0.717) is 23.4 Å². The minimum absolute atomic E-state index is 0.255. The van der Waals surface area contributed by atoms with Crippen LogP contribution in [0.5, 0.6) is 0 Å². The number of benzene rings is 2. The van der Waals surface area contributed by atoms with E-state index in [-0.39, 0.29) is 4.90 Å². The first kappa shape index (κ1) is 18.2. The Labute approximate surface area is 154 Å². The van der Waals surface area contributed by atoms with Crippen LogP contribution in [0.3, 0.4) is 0 Å². The van der Waals surface area contributed by atoms with Crippen molar-refractivity contribution in [2.24, 2.45) is 0 Å². The molecule has 1 heterocycles. The van der Waals surface area contributed by atoms with Gasteiger partial charge in [0.25, 0.3) is 10.0 Å². The lowest BCUT2D eigenvalue weighted by atomic mass is 10.1. The molecule has 2 aromatic carbocycles. The first-order valence-corrected chi connectivity index (χ1v) is 9.94. The summed E-state index contributed by atoms with van der Waals surface area (Å²) < 4.78 is 34.0. The summed E-state index contributed by atoms with van der Waals surface area (Å²) in [6.07, 6.45) is 0.610. The second-order valence-corrected chi connectivity index (χ2v) is 8.14. The van der Waals surface area contributed by atoms with E-state index >= 15 is 0 Å². The predicted octanol–water partition coefficient (Wildman–Crippen LogP) is 4.63. The molecule has 136 valence electrons. The fourth-order valence-electron chi connectivity index (χ4n) is 2.99. The number of rotatable bonds is 5. The highest BCUT2D eigenvalue weighted by Gasteiger charge is 2.20. The Balaban J connectivity index is 2.05. The topological polar surface area (TPSA) is 72.2 Å². The first-order valence-electron chi connectivity index (χ1n) is 8.46. The lowest BCUT2D eigenvalue weighted by Crippen LogP contribution is -2.15. The molecule has 0 bridgehead atoms. The van der Waals surface area contributed by atoms with E-state index in [1.165, 1.54) is 0 Å². The van der Waals surface area contributed by atoms with Crippen LogP contribution in [-0.4, -0.2) is 13.6 Å². The quantitative estimate of drug-likeness (QED) is 0.711. The van der Waals surface area contributed by atoms with Crippen molar-refractivity contribution in [2.45, 2.75) is 39.0 Å². The molecular formula is C20H22N2O3S. The average Bonchev–Trinajstić information content (AvgIpc) is 2.99. The number of anilines is 1. The Morgan fingerprint density at radius 3 is 2.27 bits per heavy atom. The van der Waals surface area contributed by atoms with Gasteiger partial charge in [-0.2, -0.15) is 0 Å². The monoisotopic (exact) mass is 370 g/mol. The molecule has 0 aliphatic heterocycles. The van der Waals surface area contributed by atoms with Crippen LogP contribution in [0.4, 0.5) is 5.69 Å². The lowest BCUT2D eigenvalue weighted by Gasteiger charge is -2.13. The molecule has 0 radical (unpaired) electrons. The normalized spacial score (nSPS) is 11.5. The summed E-state index contributed by atoms with van der Waals surface area (Å²) in [6, 6.07) is 12.7. The maximum Gasteiger partial charge on any atom is 0.262 e. The number of sulfonamides is 1. The molecule has 0 saturated carbocycles. The van der Waals surface area contributed by atoms with Crippen molar-refractivity contribution in [1.82, 2.24) is 5.16 Å². The van der Waals surface area contributed by atoms with Crippen LogP contribution in [0.25, 0.3) is 11.3 Å². The van der Waals surface area contributed by atoms with Gasteiger partial charge in [0.05, 0.1) is 10.6 Å². The molecule has 26 heavy (non-hydrogen) atoms. The highest BCUT2D eigenvalue weighted by atomic mass is 32.2. The Morgan fingerprint density at radius 2 is 1.69 bits per heavy atom. The molecule has 0 saturated heterocycles. The van der Waals surface area contributed by atoms with Crippen LogP contribution >= 0.6 is 0 Å². The number of hydrogen-bond donors (Lipinski definition) is 1. The van der Waals surface area contributed by atoms with Crippen molar-refractivity contribution >= 4 is 15.7 Å². The summed E-state index contributed by atoms with van der Waals surface area (Å²) in [7, 11) is -3.73. The van der Waals surface area contributed by atoms with E-state index in [0.717, 1.165) is 22.4 Å². The summed E-state index contributed by atoms with van der Waals surface area (Å²) in [5.41, 5.74) is 4.75. The molecule has 6 heteroatoms. The molecule has 0 amide bonds. The van der Waals surface area contributed by atoms with Crippen LogP contribution in [0.15, 0.2) is 51.9 Å². The Morgan fingerprint density at radius 1 is 1.00 bits per heavy atom. The number of nitrogens with one attached hydrogen (secondary N) is 1. The van der Waals surface area contributed by atoms with Crippen LogP contribution < -0.4 is 4.72 Å². The fourth-order valence-corrected chi connectivity index (χ4v) is 4.37. The lowest BCUT2D eigenvalue weighted by molar-refractivity contribution is 0.427. The van der Waals surface area contributed by atoms with Gasteiger partial charge in [0.2, 0.25) is 0 Å². The molecule has 5 nitrogen and oxygen atoms in total. The zero-order valence-corrected chi connectivity index (χ0v) is 16.1. The molecule has 3 aromatic rings. The molecular weight excluding hydrogens is 348 g/mol. The van der Waals surface area contributed by atoms with Crippen molar-refractivity contribution in [3.05, 3.63) is 64.8 Å². The zero-order chi connectivity index (χ0) is 18.9. The number of nitrogens with zero attached hydrogens (tertiary/aromatic N) is 1. The van der Waals surface area contributed by atoms with Crippen molar-refractivity contribution in [2.75, 3.05) is 4.72 Å². The zero-order valence-electron chi connectivity index (χ0n) is 15.3. The molecule has 1 aromatic heterocycles. The highest BCUT2D eigenvalue weighted by Crippen LogP contribution is 2.28. The largest absolute Gasteiger partial charge is 0.356 e. The van der Waals surface area contributed by atoms with Gasteiger partial charge in [-0.05, 0) is 62.1 Å². The summed E-state index contributed by atoms with van der Waals surface area (Å²) in [4.78, 5) is 0.255. The average molecular weight is 370 g/mol. The molecule has 0 fully saturated rings. The summed E-state index contributed by atoms with van der Waals surface area (Å²) in [5, 5.41) is 3.87. The second-order valence-electron chi connectivity index (χ2n) is 6.49. The van der Waals surface area contributed by atoms with Gasteiger partial charge in [-0.15, -0.1) is 0 Å². The Kier molecular flexibility index (Phi) is 4.87.